The average Bonchev–Trinajstić information content (AvgIpc) is 2.92. The molecule has 0 bridgehead atoms. The maximum atomic E-state index is 12.4. The fourth-order valence-corrected chi connectivity index (χ4v) is 6.41. The van der Waals surface area contributed by atoms with Gasteiger partial charge in [-0.05, 0) is 58.0 Å². The van der Waals surface area contributed by atoms with Gasteiger partial charge in [-0.25, -0.2) is 13.0 Å². The highest BCUT2D eigenvalue weighted by Crippen LogP contribution is 2.43. The molecule has 0 radical (unpaired) electrons. The summed E-state index contributed by atoms with van der Waals surface area (Å²) in [6, 6.07) is 14.4. The largest absolute Gasteiger partial charge is 0.744 e. The minimum atomic E-state index is -5.13. The Bertz CT molecular complexity index is 1790. The van der Waals surface area contributed by atoms with E-state index in [1.54, 1.807) is 0 Å². The summed E-state index contributed by atoms with van der Waals surface area (Å²) < 4.78 is 74.3. The van der Waals surface area contributed by atoms with Gasteiger partial charge in [0.25, 0.3) is 0 Å². The predicted octanol–water partition coefficient (Wildman–Crippen LogP) is 4.63. The Morgan fingerprint density at radius 2 is 1.56 bits per heavy atom. The van der Waals surface area contributed by atoms with Crippen LogP contribution in [0.2, 0.25) is 0 Å². The van der Waals surface area contributed by atoms with E-state index in [0.717, 1.165) is 49.4 Å². The molecule has 9 nitrogen and oxygen atoms in total. The number of fused-ring (bicyclic) bond motifs is 2. The second-order valence-corrected chi connectivity index (χ2v) is 12.0. The van der Waals surface area contributed by atoms with Gasteiger partial charge in [0.2, 0.25) is 5.36 Å². The van der Waals surface area contributed by atoms with E-state index in [2.05, 4.69) is 13.2 Å². The SMILES string of the molecule is CCN(CC)c1ccc2c(-c3ccc(S(=O)(=O)OCl)cc3S(=O)(=O)[O-])c3ccc(=[N+](CC)CC)cc-3oc2c1. The van der Waals surface area contributed by atoms with Crippen LogP contribution >= 0.6 is 11.9 Å². The van der Waals surface area contributed by atoms with E-state index >= 15 is 0 Å². The van der Waals surface area contributed by atoms with E-state index in [1.807, 2.05) is 64.1 Å². The zero-order valence-corrected chi connectivity index (χ0v) is 24.4. The van der Waals surface area contributed by atoms with Crippen LogP contribution in [-0.4, -0.2) is 47.6 Å². The lowest BCUT2D eigenvalue weighted by Crippen LogP contribution is -2.29. The van der Waals surface area contributed by atoms with E-state index < -0.39 is 30.0 Å². The van der Waals surface area contributed by atoms with Crippen molar-refractivity contribution in [2.24, 2.45) is 0 Å². The van der Waals surface area contributed by atoms with Crippen LogP contribution in [0.5, 0.6) is 0 Å². The summed E-state index contributed by atoms with van der Waals surface area (Å²) in [5.41, 5.74) is 2.42. The van der Waals surface area contributed by atoms with Gasteiger partial charge in [0.05, 0.1) is 27.7 Å². The Morgan fingerprint density at radius 1 is 0.897 bits per heavy atom. The van der Waals surface area contributed by atoms with Crippen molar-refractivity contribution in [1.29, 1.82) is 0 Å². The van der Waals surface area contributed by atoms with Gasteiger partial charge in [-0.3, -0.25) is 0 Å². The first-order valence-electron chi connectivity index (χ1n) is 12.5. The minimum absolute atomic E-state index is 0.0375. The molecule has 12 heteroatoms. The summed E-state index contributed by atoms with van der Waals surface area (Å²) in [7, 11) is -9.60. The number of hydrogen-bond donors (Lipinski definition) is 0. The monoisotopic (exact) mass is 592 g/mol. The molecule has 0 aromatic heterocycles. The molecule has 0 unspecified atom stereocenters. The maximum Gasteiger partial charge on any atom is 0.312 e. The van der Waals surface area contributed by atoms with Gasteiger partial charge in [-0.15, -0.1) is 0 Å². The van der Waals surface area contributed by atoms with E-state index in [0.29, 0.717) is 27.9 Å². The number of anilines is 1. The van der Waals surface area contributed by atoms with Crippen molar-refractivity contribution >= 4 is 48.8 Å². The summed E-state index contributed by atoms with van der Waals surface area (Å²) in [5, 5.41) is 1.47. The van der Waals surface area contributed by atoms with Gasteiger partial charge in [0.1, 0.15) is 34.6 Å². The molecule has 208 valence electrons. The molecule has 0 fully saturated rings. The van der Waals surface area contributed by atoms with Crippen LogP contribution in [-0.2, 0) is 24.0 Å². The van der Waals surface area contributed by atoms with Gasteiger partial charge >= 0.3 is 10.1 Å². The van der Waals surface area contributed by atoms with Gasteiger partial charge in [0.15, 0.2) is 0 Å². The molecule has 0 N–H and O–H groups in total. The van der Waals surface area contributed by atoms with Crippen LogP contribution in [0.4, 0.5) is 5.69 Å². The van der Waals surface area contributed by atoms with Crippen LogP contribution in [0.15, 0.2) is 68.8 Å². The zero-order chi connectivity index (χ0) is 28.5. The van der Waals surface area contributed by atoms with Crippen LogP contribution in [0.3, 0.4) is 0 Å². The van der Waals surface area contributed by atoms with Crippen LogP contribution in [0.25, 0.3) is 33.4 Å². The van der Waals surface area contributed by atoms with Crippen LogP contribution in [0, 0.1) is 0 Å². The van der Waals surface area contributed by atoms with Gasteiger partial charge in [0, 0.05) is 53.0 Å². The molecule has 0 atom stereocenters. The van der Waals surface area contributed by atoms with Crippen molar-refractivity contribution in [1.82, 2.24) is 4.58 Å². The first-order chi connectivity index (χ1) is 18.5. The molecule has 1 aliphatic heterocycles. The smallest absolute Gasteiger partial charge is 0.312 e. The van der Waals surface area contributed by atoms with Gasteiger partial charge in [-0.2, -0.15) is 12.2 Å². The van der Waals surface area contributed by atoms with Crippen molar-refractivity contribution in [3.8, 4) is 22.5 Å². The number of halogens is 1. The molecule has 0 saturated carbocycles. The Labute approximate surface area is 233 Å². The molecule has 2 aliphatic rings. The first-order valence-corrected chi connectivity index (χ1v) is 15.6. The molecular formula is C27H29ClN2O7S2. The molecule has 0 saturated heterocycles. The Kier molecular flexibility index (Phi) is 8.38. The zero-order valence-electron chi connectivity index (χ0n) is 22.0. The fraction of sp³-hybridized carbons (Fsp3) is 0.296. The Hall–Kier alpha value is -2.96. The lowest BCUT2D eigenvalue weighted by Gasteiger charge is -2.23. The summed E-state index contributed by atoms with van der Waals surface area (Å²) in [6.07, 6.45) is 0. The maximum absolute atomic E-state index is 12.4. The van der Waals surface area contributed by atoms with Gasteiger partial charge in [-0.1, -0.05) is 6.07 Å². The lowest BCUT2D eigenvalue weighted by molar-refractivity contribution is 0.463. The molecule has 0 spiro atoms. The fourth-order valence-electron chi connectivity index (χ4n) is 4.84. The third-order valence-corrected chi connectivity index (χ3v) is 9.18. The summed E-state index contributed by atoms with van der Waals surface area (Å²) in [5.74, 6) is 0.480. The molecule has 2 aromatic rings. The van der Waals surface area contributed by atoms with Crippen molar-refractivity contribution in [2.75, 3.05) is 31.1 Å². The molecule has 39 heavy (non-hydrogen) atoms. The van der Waals surface area contributed by atoms with E-state index in [-0.39, 0.29) is 5.56 Å². The normalized spacial score (nSPS) is 12.3. The average molecular weight is 593 g/mol. The van der Waals surface area contributed by atoms with E-state index in [9.17, 15) is 21.4 Å². The summed E-state index contributed by atoms with van der Waals surface area (Å²) >= 11 is 5.10. The number of nitrogens with zero attached hydrogens (tertiary/aromatic N) is 2. The topological polar surface area (TPSA) is 120 Å². The molecule has 1 aliphatic carbocycles. The van der Waals surface area contributed by atoms with E-state index in [4.69, 9.17) is 16.3 Å². The minimum Gasteiger partial charge on any atom is -0.744 e. The third-order valence-electron chi connectivity index (χ3n) is 6.81. The van der Waals surface area contributed by atoms with Crippen LogP contribution < -0.4 is 14.8 Å². The number of rotatable bonds is 9. The quantitative estimate of drug-likeness (QED) is 0.157. The van der Waals surface area contributed by atoms with E-state index in [1.165, 1.54) is 6.07 Å². The first kappa shape index (κ1) is 29.0. The number of benzene rings is 3. The lowest BCUT2D eigenvalue weighted by atomic mass is 9.93. The highest BCUT2D eigenvalue weighted by atomic mass is 35.5. The molecular weight excluding hydrogens is 564 g/mol. The Balaban J connectivity index is 2.18. The Morgan fingerprint density at radius 3 is 2.15 bits per heavy atom. The molecule has 0 amide bonds. The number of hydrogen-bond acceptors (Lipinski definition) is 8. The van der Waals surface area contributed by atoms with Crippen molar-refractivity contribution in [3.05, 3.63) is 60.0 Å². The molecule has 2 aromatic carbocycles. The van der Waals surface area contributed by atoms with Crippen molar-refractivity contribution < 1.29 is 29.5 Å². The molecule has 4 rings (SSSR count). The van der Waals surface area contributed by atoms with Gasteiger partial charge < -0.3 is 13.9 Å². The second-order valence-electron chi connectivity index (χ2n) is 8.81. The highest BCUT2D eigenvalue weighted by Gasteiger charge is 2.25. The summed E-state index contributed by atoms with van der Waals surface area (Å²) in [6.45, 7) is 11.2. The second kappa shape index (κ2) is 11.3. The predicted molar refractivity (Wildman–Crippen MR) is 150 cm³/mol. The van der Waals surface area contributed by atoms with Crippen molar-refractivity contribution in [2.45, 2.75) is 37.5 Å². The standard InChI is InChI=1S/C27H29ClN2O7S2/c1-5-29(6-2)18-9-12-21-24(15-18)36-25-16-19(30(7-3)8-4)10-13-22(25)27(21)23-14-11-20(39(34,35)37-28)17-26(23)38(31,32)33/h9-17H,5-8H2,1-4H3. The third kappa shape index (κ3) is 5.55. The molecule has 1 heterocycles. The highest BCUT2D eigenvalue weighted by molar-refractivity contribution is 7.87. The summed E-state index contributed by atoms with van der Waals surface area (Å²) in [4.78, 5) is 0.870. The van der Waals surface area contributed by atoms with Crippen LogP contribution in [0.1, 0.15) is 27.7 Å². The van der Waals surface area contributed by atoms with Crippen molar-refractivity contribution in [3.63, 3.8) is 0 Å².